The zero-order chi connectivity index (χ0) is 12.4. The van der Waals surface area contributed by atoms with E-state index in [4.69, 9.17) is 0 Å². The van der Waals surface area contributed by atoms with Crippen LogP contribution in [0.25, 0.3) is 0 Å². The molecule has 0 bridgehead atoms. The van der Waals surface area contributed by atoms with E-state index in [0.717, 1.165) is 0 Å². The summed E-state index contributed by atoms with van der Waals surface area (Å²) in [6.45, 7) is 4.41. The molecule has 1 unspecified atom stereocenters. The lowest BCUT2D eigenvalue weighted by Gasteiger charge is -2.20. The van der Waals surface area contributed by atoms with Crippen molar-refractivity contribution in [3.05, 3.63) is 35.4 Å². The molecule has 0 spiro atoms. The highest BCUT2D eigenvalue weighted by Crippen LogP contribution is 2.22. The van der Waals surface area contributed by atoms with Gasteiger partial charge >= 0.3 is 0 Å². The fraction of sp³-hybridized carbons (Fsp3) is 0.385. The summed E-state index contributed by atoms with van der Waals surface area (Å²) in [7, 11) is 0. The third-order valence-electron chi connectivity index (χ3n) is 2.94. The van der Waals surface area contributed by atoms with Crippen LogP contribution in [0.5, 0.6) is 0 Å². The fourth-order valence-electron chi connectivity index (χ4n) is 2.13. The number of hydrogen-bond acceptors (Lipinski definition) is 2. The Morgan fingerprint density at radius 1 is 1.24 bits per heavy atom. The van der Waals surface area contributed by atoms with Crippen LogP contribution in [0.4, 0.5) is 0 Å². The number of nitrogens with zero attached hydrogens (tertiary/aromatic N) is 1. The van der Waals surface area contributed by atoms with Crippen molar-refractivity contribution in [2.24, 2.45) is 0 Å². The van der Waals surface area contributed by atoms with Gasteiger partial charge in [-0.05, 0) is 18.1 Å². The Morgan fingerprint density at radius 3 is 2.24 bits per heavy atom. The Labute approximate surface area is 101 Å². The number of carbonyl (C=O) groups excluding carboxylic acids is 2. The highest BCUT2D eigenvalue weighted by molar-refractivity contribution is 5.86. The smallest absolute Gasteiger partial charge is 0.245 e. The van der Waals surface area contributed by atoms with Crippen LogP contribution in [-0.4, -0.2) is 22.8 Å². The first-order valence-electron chi connectivity index (χ1n) is 5.70. The molecular weight excluding hydrogens is 216 g/mol. The number of nitrogens with one attached hydrogen (secondary N) is 1. The molecule has 1 aromatic rings. The van der Waals surface area contributed by atoms with E-state index in [-0.39, 0.29) is 11.8 Å². The van der Waals surface area contributed by atoms with E-state index < -0.39 is 6.04 Å². The summed E-state index contributed by atoms with van der Waals surface area (Å²) in [6.07, 6.45) is 0. The molecule has 2 rings (SSSR count). The molecule has 1 N–H and O–H groups in total. The van der Waals surface area contributed by atoms with Gasteiger partial charge in [-0.2, -0.15) is 0 Å². The van der Waals surface area contributed by atoms with Gasteiger partial charge in [0.1, 0.15) is 6.04 Å². The summed E-state index contributed by atoms with van der Waals surface area (Å²) in [5, 5.41) is 2.62. The molecule has 1 heterocycles. The Bertz CT molecular complexity index is 431. The molecule has 90 valence electrons. The second-order valence-electron chi connectivity index (χ2n) is 4.39. The van der Waals surface area contributed by atoms with E-state index in [2.05, 4.69) is 5.32 Å². The molecule has 1 aliphatic rings. The van der Waals surface area contributed by atoms with Crippen LogP contribution in [0.2, 0.25) is 0 Å². The lowest BCUT2D eigenvalue weighted by molar-refractivity contribution is -0.136. The number of amides is 2. The zero-order valence-corrected chi connectivity index (χ0v) is 10.1. The average molecular weight is 232 g/mol. The average Bonchev–Trinajstić information content (AvgIpc) is 2.70. The van der Waals surface area contributed by atoms with Gasteiger partial charge in [0.05, 0.1) is 0 Å². The van der Waals surface area contributed by atoms with E-state index in [1.54, 1.807) is 11.8 Å². The molecule has 1 aromatic carbocycles. The van der Waals surface area contributed by atoms with E-state index in [0.29, 0.717) is 13.1 Å². The molecular formula is C13H16N2O2. The zero-order valence-electron chi connectivity index (χ0n) is 10.1. The van der Waals surface area contributed by atoms with Crippen LogP contribution in [0, 0.1) is 0 Å². The SMILES string of the molecule is CC(=O)NC(C)C(=O)N1Cc2ccccc2C1. The van der Waals surface area contributed by atoms with Crippen LogP contribution in [-0.2, 0) is 22.7 Å². The molecule has 4 nitrogen and oxygen atoms in total. The van der Waals surface area contributed by atoms with E-state index >= 15 is 0 Å². The number of carbonyl (C=O) groups is 2. The van der Waals surface area contributed by atoms with Crippen molar-refractivity contribution in [3.8, 4) is 0 Å². The summed E-state index contributed by atoms with van der Waals surface area (Å²) < 4.78 is 0. The Balaban J connectivity index is 2.03. The molecule has 0 fully saturated rings. The number of rotatable bonds is 2. The number of benzene rings is 1. The fourth-order valence-corrected chi connectivity index (χ4v) is 2.13. The standard InChI is InChI=1S/C13H16N2O2/c1-9(14-10(2)16)13(17)15-7-11-5-3-4-6-12(11)8-15/h3-6,9H,7-8H2,1-2H3,(H,14,16). The summed E-state index contributed by atoms with van der Waals surface area (Å²) in [5.74, 6) is -0.209. The van der Waals surface area contributed by atoms with Gasteiger partial charge in [-0.1, -0.05) is 24.3 Å². The van der Waals surface area contributed by atoms with Gasteiger partial charge in [0.2, 0.25) is 11.8 Å². The summed E-state index contributed by atoms with van der Waals surface area (Å²) >= 11 is 0. The predicted octanol–water partition coefficient (Wildman–Crippen LogP) is 1.05. The minimum absolute atomic E-state index is 0.0311. The van der Waals surface area contributed by atoms with Crippen LogP contribution in [0.1, 0.15) is 25.0 Å². The Kier molecular flexibility index (Phi) is 3.13. The summed E-state index contributed by atoms with van der Waals surface area (Å²) in [4.78, 5) is 24.7. The van der Waals surface area contributed by atoms with Crippen molar-refractivity contribution < 1.29 is 9.59 Å². The molecule has 4 heteroatoms. The van der Waals surface area contributed by atoms with Gasteiger partial charge in [-0.25, -0.2) is 0 Å². The minimum Gasteiger partial charge on any atom is -0.345 e. The minimum atomic E-state index is -0.457. The van der Waals surface area contributed by atoms with E-state index in [1.165, 1.54) is 18.1 Å². The molecule has 0 aromatic heterocycles. The lowest BCUT2D eigenvalue weighted by atomic mass is 10.1. The first-order chi connectivity index (χ1) is 8.08. The van der Waals surface area contributed by atoms with Crippen molar-refractivity contribution in [2.45, 2.75) is 33.0 Å². The molecule has 2 amide bonds. The first-order valence-corrected chi connectivity index (χ1v) is 5.70. The van der Waals surface area contributed by atoms with Gasteiger partial charge in [-0.3, -0.25) is 9.59 Å². The lowest BCUT2D eigenvalue weighted by Crippen LogP contribution is -2.44. The van der Waals surface area contributed by atoms with E-state index in [1.807, 2.05) is 24.3 Å². The topological polar surface area (TPSA) is 49.4 Å². The second-order valence-corrected chi connectivity index (χ2v) is 4.39. The van der Waals surface area contributed by atoms with E-state index in [9.17, 15) is 9.59 Å². The van der Waals surface area contributed by atoms with Gasteiger partial charge < -0.3 is 10.2 Å². The largest absolute Gasteiger partial charge is 0.345 e. The predicted molar refractivity (Wildman–Crippen MR) is 64.0 cm³/mol. The monoisotopic (exact) mass is 232 g/mol. The molecule has 0 radical (unpaired) electrons. The Morgan fingerprint density at radius 2 is 1.76 bits per heavy atom. The summed E-state index contributed by atoms with van der Waals surface area (Å²) in [5.41, 5.74) is 2.38. The van der Waals surface area contributed by atoms with Crippen molar-refractivity contribution in [1.82, 2.24) is 10.2 Å². The highest BCUT2D eigenvalue weighted by atomic mass is 16.2. The molecule has 17 heavy (non-hydrogen) atoms. The molecule has 1 atom stereocenters. The quantitative estimate of drug-likeness (QED) is 0.828. The molecule has 0 aliphatic carbocycles. The normalized spacial score (nSPS) is 15.3. The van der Waals surface area contributed by atoms with Gasteiger partial charge in [0, 0.05) is 20.0 Å². The van der Waals surface area contributed by atoms with Crippen molar-refractivity contribution >= 4 is 11.8 Å². The van der Waals surface area contributed by atoms with Crippen LogP contribution >= 0.6 is 0 Å². The number of hydrogen-bond donors (Lipinski definition) is 1. The molecule has 0 saturated heterocycles. The second kappa shape index (κ2) is 4.57. The summed E-state index contributed by atoms with van der Waals surface area (Å²) in [6, 6.07) is 7.56. The number of fused-ring (bicyclic) bond motifs is 1. The van der Waals surface area contributed by atoms with Gasteiger partial charge in [0.15, 0.2) is 0 Å². The van der Waals surface area contributed by atoms with Crippen molar-refractivity contribution in [1.29, 1.82) is 0 Å². The van der Waals surface area contributed by atoms with Crippen molar-refractivity contribution in [3.63, 3.8) is 0 Å². The van der Waals surface area contributed by atoms with Gasteiger partial charge in [0.25, 0.3) is 0 Å². The third-order valence-corrected chi connectivity index (χ3v) is 2.94. The van der Waals surface area contributed by atoms with Gasteiger partial charge in [-0.15, -0.1) is 0 Å². The van der Waals surface area contributed by atoms with Crippen LogP contribution < -0.4 is 5.32 Å². The Hall–Kier alpha value is -1.84. The van der Waals surface area contributed by atoms with Crippen LogP contribution in [0.3, 0.4) is 0 Å². The first kappa shape index (κ1) is 11.6. The maximum atomic E-state index is 12.1. The van der Waals surface area contributed by atoms with Crippen LogP contribution in [0.15, 0.2) is 24.3 Å². The third kappa shape index (κ3) is 2.46. The molecule has 0 saturated carbocycles. The maximum Gasteiger partial charge on any atom is 0.245 e. The highest BCUT2D eigenvalue weighted by Gasteiger charge is 2.26. The molecule has 1 aliphatic heterocycles. The maximum absolute atomic E-state index is 12.1. The van der Waals surface area contributed by atoms with Crippen molar-refractivity contribution in [2.75, 3.05) is 0 Å².